The van der Waals surface area contributed by atoms with E-state index in [9.17, 15) is 15.2 Å². The summed E-state index contributed by atoms with van der Waals surface area (Å²) in [6.07, 6.45) is -0.731. The number of nitrogens with zero attached hydrogens (tertiary/aromatic N) is 1. The molecule has 0 aliphatic heterocycles. The number of aliphatic hydroxyl groups excluding tert-OH is 1. The molecule has 5 heteroatoms. The molecule has 0 aliphatic rings. The van der Waals surface area contributed by atoms with Gasteiger partial charge in [0, 0.05) is 12.1 Å². The van der Waals surface area contributed by atoms with Gasteiger partial charge in [-0.25, -0.2) is 0 Å². The maximum Gasteiger partial charge on any atom is 0.269 e. The Morgan fingerprint density at radius 3 is 2.55 bits per heavy atom. The van der Waals surface area contributed by atoms with Crippen LogP contribution >= 0.6 is 0 Å². The topological polar surface area (TPSA) is 72.6 Å². The van der Waals surface area contributed by atoms with E-state index in [0.29, 0.717) is 11.3 Å². The van der Waals surface area contributed by atoms with E-state index in [0.717, 1.165) is 5.56 Å². The van der Waals surface area contributed by atoms with Crippen molar-refractivity contribution >= 4 is 5.69 Å². The maximum absolute atomic E-state index is 10.6. The standard InChI is InChI=1S/C15H15NO4/c1-11-9-13(16(18)19)7-8-15(11)20-10-14(17)12-5-3-2-4-6-12/h2-9,14,17H,10H2,1H3. The highest BCUT2D eigenvalue weighted by Gasteiger charge is 2.11. The van der Waals surface area contributed by atoms with Crippen molar-refractivity contribution in [3.8, 4) is 5.75 Å². The van der Waals surface area contributed by atoms with Gasteiger partial charge < -0.3 is 9.84 Å². The Morgan fingerprint density at radius 1 is 1.25 bits per heavy atom. The summed E-state index contributed by atoms with van der Waals surface area (Å²) in [5.74, 6) is 0.533. The van der Waals surface area contributed by atoms with Crippen molar-refractivity contribution in [2.24, 2.45) is 0 Å². The van der Waals surface area contributed by atoms with Crippen LogP contribution in [-0.2, 0) is 0 Å². The molecule has 0 aromatic heterocycles. The zero-order valence-electron chi connectivity index (χ0n) is 11.0. The van der Waals surface area contributed by atoms with Crippen LogP contribution in [0.15, 0.2) is 48.5 Å². The molecule has 1 atom stereocenters. The van der Waals surface area contributed by atoms with E-state index in [4.69, 9.17) is 4.74 Å². The average molecular weight is 273 g/mol. The third kappa shape index (κ3) is 3.33. The third-order valence-electron chi connectivity index (χ3n) is 2.95. The number of rotatable bonds is 5. The fourth-order valence-corrected chi connectivity index (χ4v) is 1.85. The van der Waals surface area contributed by atoms with Gasteiger partial charge in [0.15, 0.2) is 0 Å². The number of nitro benzene ring substituents is 1. The largest absolute Gasteiger partial charge is 0.490 e. The average Bonchev–Trinajstić information content (AvgIpc) is 2.46. The summed E-state index contributed by atoms with van der Waals surface area (Å²) >= 11 is 0. The van der Waals surface area contributed by atoms with Gasteiger partial charge in [0.1, 0.15) is 18.5 Å². The van der Waals surface area contributed by atoms with E-state index in [-0.39, 0.29) is 12.3 Å². The molecular formula is C15H15NO4. The van der Waals surface area contributed by atoms with E-state index in [2.05, 4.69) is 0 Å². The Bertz CT molecular complexity index is 598. The molecule has 1 N–H and O–H groups in total. The van der Waals surface area contributed by atoms with Gasteiger partial charge in [0.25, 0.3) is 5.69 Å². The molecule has 0 saturated carbocycles. The summed E-state index contributed by atoms with van der Waals surface area (Å²) in [5.41, 5.74) is 1.46. The van der Waals surface area contributed by atoms with Crippen molar-refractivity contribution in [3.05, 3.63) is 69.8 Å². The van der Waals surface area contributed by atoms with Gasteiger partial charge >= 0.3 is 0 Å². The first-order valence-corrected chi connectivity index (χ1v) is 6.19. The number of hydrogen-bond donors (Lipinski definition) is 1. The first kappa shape index (κ1) is 14.0. The van der Waals surface area contributed by atoms with Gasteiger partial charge in [-0.2, -0.15) is 0 Å². The molecule has 0 radical (unpaired) electrons. The van der Waals surface area contributed by atoms with Crippen LogP contribution in [0.2, 0.25) is 0 Å². The predicted octanol–water partition coefficient (Wildman–Crippen LogP) is 3.02. The first-order chi connectivity index (χ1) is 9.58. The maximum atomic E-state index is 10.6. The van der Waals surface area contributed by atoms with Gasteiger partial charge in [0.2, 0.25) is 0 Å². The van der Waals surface area contributed by atoms with Crippen LogP contribution in [0.25, 0.3) is 0 Å². The third-order valence-corrected chi connectivity index (χ3v) is 2.95. The Kier molecular flexibility index (Phi) is 4.32. The molecule has 0 heterocycles. The molecule has 0 amide bonds. The molecule has 5 nitrogen and oxygen atoms in total. The fourth-order valence-electron chi connectivity index (χ4n) is 1.85. The lowest BCUT2D eigenvalue weighted by molar-refractivity contribution is -0.384. The summed E-state index contributed by atoms with van der Waals surface area (Å²) in [4.78, 5) is 10.2. The fraction of sp³-hybridized carbons (Fsp3) is 0.200. The minimum Gasteiger partial charge on any atom is -0.490 e. The highest BCUT2D eigenvalue weighted by atomic mass is 16.6. The van der Waals surface area contributed by atoms with E-state index in [1.54, 1.807) is 13.0 Å². The Hall–Kier alpha value is -2.40. The number of nitro groups is 1. The smallest absolute Gasteiger partial charge is 0.269 e. The minimum absolute atomic E-state index is 0.0263. The molecule has 0 fully saturated rings. The Balaban J connectivity index is 2.02. The zero-order valence-corrected chi connectivity index (χ0v) is 11.0. The highest BCUT2D eigenvalue weighted by Crippen LogP contribution is 2.24. The number of ether oxygens (including phenoxy) is 1. The summed E-state index contributed by atoms with van der Waals surface area (Å²) in [6.45, 7) is 1.83. The second kappa shape index (κ2) is 6.16. The monoisotopic (exact) mass is 273 g/mol. The van der Waals surface area contributed by atoms with E-state index in [1.165, 1.54) is 12.1 Å². The molecule has 20 heavy (non-hydrogen) atoms. The molecule has 2 aromatic carbocycles. The van der Waals surface area contributed by atoms with Gasteiger partial charge in [-0.05, 0) is 24.1 Å². The number of aliphatic hydroxyl groups is 1. The number of aryl methyl sites for hydroxylation is 1. The van der Waals surface area contributed by atoms with Crippen LogP contribution in [-0.4, -0.2) is 16.6 Å². The second-order valence-corrected chi connectivity index (χ2v) is 4.44. The van der Waals surface area contributed by atoms with Crippen molar-refractivity contribution in [1.82, 2.24) is 0 Å². The summed E-state index contributed by atoms with van der Waals surface area (Å²) in [5, 5.41) is 20.6. The SMILES string of the molecule is Cc1cc([N+](=O)[O-])ccc1OCC(O)c1ccccc1. The van der Waals surface area contributed by atoms with E-state index >= 15 is 0 Å². The van der Waals surface area contributed by atoms with Crippen molar-refractivity contribution in [2.45, 2.75) is 13.0 Å². The summed E-state index contributed by atoms with van der Waals surface area (Å²) < 4.78 is 5.52. The summed E-state index contributed by atoms with van der Waals surface area (Å²) in [6, 6.07) is 13.6. The number of hydrogen-bond acceptors (Lipinski definition) is 4. The molecule has 1 unspecified atom stereocenters. The quantitative estimate of drug-likeness (QED) is 0.671. The molecule has 0 bridgehead atoms. The molecule has 0 aliphatic carbocycles. The minimum atomic E-state index is -0.731. The van der Waals surface area contributed by atoms with Crippen LogP contribution in [0.4, 0.5) is 5.69 Å². The molecule has 2 rings (SSSR count). The first-order valence-electron chi connectivity index (χ1n) is 6.19. The van der Waals surface area contributed by atoms with Gasteiger partial charge in [-0.3, -0.25) is 10.1 Å². The van der Waals surface area contributed by atoms with Gasteiger partial charge in [-0.1, -0.05) is 30.3 Å². The van der Waals surface area contributed by atoms with Crippen LogP contribution in [0.5, 0.6) is 5.75 Å². The van der Waals surface area contributed by atoms with Crippen LogP contribution < -0.4 is 4.74 Å². The summed E-state index contributed by atoms with van der Waals surface area (Å²) in [7, 11) is 0. The molecule has 0 saturated heterocycles. The van der Waals surface area contributed by atoms with Crippen molar-refractivity contribution in [3.63, 3.8) is 0 Å². The highest BCUT2D eigenvalue weighted by molar-refractivity contribution is 5.43. The number of benzene rings is 2. The zero-order chi connectivity index (χ0) is 14.5. The second-order valence-electron chi connectivity index (χ2n) is 4.44. The molecule has 104 valence electrons. The Labute approximate surface area is 116 Å². The van der Waals surface area contributed by atoms with Gasteiger partial charge in [0.05, 0.1) is 4.92 Å². The lowest BCUT2D eigenvalue weighted by Gasteiger charge is -2.14. The number of non-ortho nitro benzene ring substituents is 1. The molecule has 2 aromatic rings. The predicted molar refractivity (Wildman–Crippen MR) is 74.7 cm³/mol. The van der Waals surface area contributed by atoms with Crippen LogP contribution in [0, 0.1) is 17.0 Å². The lowest BCUT2D eigenvalue weighted by atomic mass is 10.1. The Morgan fingerprint density at radius 2 is 1.95 bits per heavy atom. The normalized spacial score (nSPS) is 11.9. The van der Waals surface area contributed by atoms with Crippen molar-refractivity contribution in [2.75, 3.05) is 6.61 Å². The van der Waals surface area contributed by atoms with E-state index < -0.39 is 11.0 Å². The molecule has 0 spiro atoms. The van der Waals surface area contributed by atoms with Gasteiger partial charge in [-0.15, -0.1) is 0 Å². The molecular weight excluding hydrogens is 258 g/mol. The van der Waals surface area contributed by atoms with Crippen LogP contribution in [0.3, 0.4) is 0 Å². The van der Waals surface area contributed by atoms with Crippen molar-refractivity contribution < 1.29 is 14.8 Å². The van der Waals surface area contributed by atoms with E-state index in [1.807, 2.05) is 30.3 Å². The van der Waals surface area contributed by atoms with Crippen molar-refractivity contribution in [1.29, 1.82) is 0 Å². The van der Waals surface area contributed by atoms with Crippen LogP contribution in [0.1, 0.15) is 17.2 Å². The lowest BCUT2D eigenvalue weighted by Crippen LogP contribution is -2.10.